The summed E-state index contributed by atoms with van der Waals surface area (Å²) in [6, 6.07) is 8.87. The lowest BCUT2D eigenvalue weighted by Crippen LogP contribution is -2.34. The highest BCUT2D eigenvalue weighted by Gasteiger charge is 2.22. The number of anilines is 1. The van der Waals surface area contributed by atoms with Gasteiger partial charge in [-0.25, -0.2) is 0 Å². The zero-order valence-corrected chi connectivity index (χ0v) is 12.7. The Morgan fingerprint density at radius 1 is 1.25 bits per heavy atom. The Labute approximate surface area is 122 Å². The van der Waals surface area contributed by atoms with Crippen LogP contribution in [-0.2, 0) is 0 Å². The van der Waals surface area contributed by atoms with E-state index >= 15 is 0 Å². The Bertz CT molecular complexity index is 430. The standard InChI is InChI=1S/C17H27N3/c1-13(2)11-12-20(15-5-3-4-6-15)16-9-7-14(8-10-16)17(18)19/h7-10,13,15H,3-6,11-12H2,1-2H3,(H3,18,19). The number of hydrogen-bond acceptors (Lipinski definition) is 2. The molecule has 3 heteroatoms. The quantitative estimate of drug-likeness (QED) is 0.612. The molecule has 0 spiro atoms. The van der Waals surface area contributed by atoms with Gasteiger partial charge in [0.25, 0.3) is 0 Å². The number of nitrogens with one attached hydrogen (secondary N) is 1. The van der Waals surface area contributed by atoms with Crippen LogP contribution in [0.3, 0.4) is 0 Å². The van der Waals surface area contributed by atoms with Gasteiger partial charge in [0.15, 0.2) is 0 Å². The third kappa shape index (κ3) is 3.75. The van der Waals surface area contributed by atoms with Crippen molar-refractivity contribution in [3.63, 3.8) is 0 Å². The summed E-state index contributed by atoms with van der Waals surface area (Å²) < 4.78 is 0. The minimum Gasteiger partial charge on any atom is -0.384 e. The van der Waals surface area contributed by atoms with Gasteiger partial charge in [-0.1, -0.05) is 26.7 Å². The summed E-state index contributed by atoms with van der Waals surface area (Å²) in [6.07, 6.45) is 6.56. The number of rotatable bonds is 6. The third-order valence-electron chi connectivity index (χ3n) is 4.22. The van der Waals surface area contributed by atoms with E-state index in [-0.39, 0.29) is 5.84 Å². The first kappa shape index (κ1) is 14.9. The monoisotopic (exact) mass is 273 g/mol. The molecule has 1 aliphatic carbocycles. The van der Waals surface area contributed by atoms with Crippen LogP contribution < -0.4 is 10.6 Å². The Kier molecular flexibility index (Phi) is 5.05. The fourth-order valence-electron chi connectivity index (χ4n) is 2.97. The first-order chi connectivity index (χ1) is 9.58. The second-order valence-electron chi connectivity index (χ2n) is 6.27. The average molecular weight is 273 g/mol. The minimum atomic E-state index is 0.145. The fraction of sp³-hybridized carbons (Fsp3) is 0.588. The van der Waals surface area contributed by atoms with Crippen LogP contribution in [0.2, 0.25) is 0 Å². The molecule has 0 atom stereocenters. The molecular formula is C17H27N3. The van der Waals surface area contributed by atoms with E-state index in [4.69, 9.17) is 11.1 Å². The van der Waals surface area contributed by atoms with Crippen molar-refractivity contribution in [2.75, 3.05) is 11.4 Å². The van der Waals surface area contributed by atoms with E-state index in [1.807, 2.05) is 12.1 Å². The van der Waals surface area contributed by atoms with Gasteiger partial charge in [0.2, 0.25) is 0 Å². The van der Waals surface area contributed by atoms with E-state index in [1.165, 1.54) is 37.8 Å². The van der Waals surface area contributed by atoms with Gasteiger partial charge in [-0.3, -0.25) is 5.41 Å². The second kappa shape index (κ2) is 6.78. The van der Waals surface area contributed by atoms with Gasteiger partial charge in [0.05, 0.1) is 0 Å². The van der Waals surface area contributed by atoms with E-state index in [2.05, 4.69) is 30.9 Å². The third-order valence-corrected chi connectivity index (χ3v) is 4.22. The predicted molar refractivity (Wildman–Crippen MR) is 86.5 cm³/mol. The molecule has 0 aliphatic heterocycles. The molecule has 20 heavy (non-hydrogen) atoms. The van der Waals surface area contributed by atoms with E-state index in [0.717, 1.165) is 18.0 Å². The maximum Gasteiger partial charge on any atom is 0.122 e. The number of nitrogens with zero attached hydrogens (tertiary/aromatic N) is 1. The zero-order valence-electron chi connectivity index (χ0n) is 12.7. The smallest absolute Gasteiger partial charge is 0.122 e. The Morgan fingerprint density at radius 3 is 2.35 bits per heavy atom. The summed E-state index contributed by atoms with van der Waals surface area (Å²) in [5.41, 5.74) is 7.62. The Hall–Kier alpha value is -1.51. The summed E-state index contributed by atoms with van der Waals surface area (Å²) in [5.74, 6) is 0.876. The fourth-order valence-corrected chi connectivity index (χ4v) is 2.97. The minimum absolute atomic E-state index is 0.145. The van der Waals surface area contributed by atoms with E-state index in [9.17, 15) is 0 Å². The van der Waals surface area contributed by atoms with Crippen LogP contribution in [0.1, 0.15) is 51.5 Å². The predicted octanol–water partition coefficient (Wildman–Crippen LogP) is 3.77. The first-order valence-electron chi connectivity index (χ1n) is 7.79. The van der Waals surface area contributed by atoms with Crippen molar-refractivity contribution in [1.29, 1.82) is 5.41 Å². The number of nitrogens with two attached hydrogens (primary N) is 1. The summed E-state index contributed by atoms with van der Waals surface area (Å²) in [6.45, 7) is 5.69. The van der Waals surface area contributed by atoms with Crippen molar-refractivity contribution in [3.05, 3.63) is 29.8 Å². The molecule has 3 N–H and O–H groups in total. The maximum absolute atomic E-state index is 7.48. The van der Waals surface area contributed by atoms with Gasteiger partial charge in [-0.15, -0.1) is 0 Å². The van der Waals surface area contributed by atoms with E-state index in [1.54, 1.807) is 0 Å². The average Bonchev–Trinajstić information content (AvgIpc) is 2.93. The largest absolute Gasteiger partial charge is 0.384 e. The molecule has 0 bridgehead atoms. The molecule has 0 aromatic heterocycles. The molecule has 1 aromatic rings. The van der Waals surface area contributed by atoms with Crippen LogP contribution in [0, 0.1) is 11.3 Å². The molecule has 0 radical (unpaired) electrons. The maximum atomic E-state index is 7.48. The molecule has 1 aromatic carbocycles. The highest BCUT2D eigenvalue weighted by molar-refractivity contribution is 5.95. The summed E-state index contributed by atoms with van der Waals surface area (Å²) in [4.78, 5) is 2.57. The molecule has 1 fully saturated rings. The summed E-state index contributed by atoms with van der Waals surface area (Å²) in [5, 5.41) is 7.48. The Morgan fingerprint density at radius 2 is 1.85 bits per heavy atom. The van der Waals surface area contributed by atoms with Crippen molar-refractivity contribution in [1.82, 2.24) is 0 Å². The van der Waals surface area contributed by atoms with Crippen LogP contribution in [-0.4, -0.2) is 18.4 Å². The van der Waals surface area contributed by atoms with Crippen LogP contribution in [0.4, 0.5) is 5.69 Å². The molecule has 110 valence electrons. The highest BCUT2D eigenvalue weighted by Crippen LogP contribution is 2.29. The molecule has 1 aliphatic rings. The summed E-state index contributed by atoms with van der Waals surface area (Å²) in [7, 11) is 0. The van der Waals surface area contributed by atoms with Crippen molar-refractivity contribution in [2.24, 2.45) is 11.7 Å². The lowest BCUT2D eigenvalue weighted by molar-refractivity contribution is 0.528. The number of hydrogen-bond donors (Lipinski definition) is 2. The van der Waals surface area contributed by atoms with Gasteiger partial charge in [-0.05, 0) is 49.4 Å². The van der Waals surface area contributed by atoms with Crippen molar-refractivity contribution in [3.8, 4) is 0 Å². The van der Waals surface area contributed by atoms with Gasteiger partial charge in [0.1, 0.15) is 5.84 Å². The van der Waals surface area contributed by atoms with Crippen LogP contribution in [0.5, 0.6) is 0 Å². The molecule has 0 amide bonds. The van der Waals surface area contributed by atoms with Crippen LogP contribution in [0.25, 0.3) is 0 Å². The van der Waals surface area contributed by atoms with Gasteiger partial charge >= 0.3 is 0 Å². The summed E-state index contributed by atoms with van der Waals surface area (Å²) >= 11 is 0. The van der Waals surface area contributed by atoms with Crippen LogP contribution >= 0.6 is 0 Å². The molecule has 0 heterocycles. The highest BCUT2D eigenvalue weighted by atomic mass is 15.2. The molecule has 1 saturated carbocycles. The van der Waals surface area contributed by atoms with Crippen LogP contribution in [0.15, 0.2) is 24.3 Å². The van der Waals surface area contributed by atoms with Gasteiger partial charge in [-0.2, -0.15) is 0 Å². The number of nitrogen functional groups attached to an aromatic ring is 1. The lowest BCUT2D eigenvalue weighted by atomic mass is 10.1. The topological polar surface area (TPSA) is 53.1 Å². The molecule has 0 unspecified atom stereocenters. The van der Waals surface area contributed by atoms with Gasteiger partial charge < -0.3 is 10.6 Å². The lowest BCUT2D eigenvalue weighted by Gasteiger charge is -2.32. The van der Waals surface area contributed by atoms with Crippen molar-refractivity contribution >= 4 is 11.5 Å². The number of amidine groups is 1. The SMILES string of the molecule is CC(C)CCN(c1ccc(C(=N)N)cc1)C1CCCC1. The van der Waals surface area contributed by atoms with Crippen molar-refractivity contribution < 1.29 is 0 Å². The number of benzene rings is 1. The molecule has 3 nitrogen and oxygen atoms in total. The van der Waals surface area contributed by atoms with Gasteiger partial charge in [0, 0.05) is 23.8 Å². The molecular weight excluding hydrogens is 246 g/mol. The second-order valence-corrected chi connectivity index (χ2v) is 6.27. The molecule has 2 rings (SSSR count). The zero-order chi connectivity index (χ0) is 14.5. The van der Waals surface area contributed by atoms with E-state index < -0.39 is 0 Å². The van der Waals surface area contributed by atoms with E-state index in [0.29, 0.717) is 6.04 Å². The Balaban J connectivity index is 2.13. The van der Waals surface area contributed by atoms with Crippen molar-refractivity contribution in [2.45, 2.75) is 52.0 Å². The molecule has 0 saturated heterocycles. The first-order valence-corrected chi connectivity index (χ1v) is 7.79. The normalized spacial score (nSPS) is 15.8.